The number of nitrogens with one attached hydrogen (secondary N) is 1. The third-order valence-electron chi connectivity index (χ3n) is 5.57. The SMILES string of the molecule is Cc1cccc(NC(=O)CSc2nccnc2N2CCN(c3cc(C)ccc3C)CC2)c1. The summed E-state index contributed by atoms with van der Waals surface area (Å²) in [7, 11) is 0. The van der Waals surface area contributed by atoms with Gasteiger partial charge in [-0.3, -0.25) is 4.79 Å². The van der Waals surface area contributed by atoms with Crippen molar-refractivity contribution in [2.75, 3.05) is 47.0 Å². The second kappa shape index (κ2) is 10.0. The Kier molecular flexibility index (Phi) is 6.95. The monoisotopic (exact) mass is 447 g/mol. The van der Waals surface area contributed by atoms with Crippen molar-refractivity contribution >= 4 is 34.9 Å². The Morgan fingerprint density at radius 3 is 2.44 bits per heavy atom. The summed E-state index contributed by atoms with van der Waals surface area (Å²) in [6.07, 6.45) is 3.42. The van der Waals surface area contributed by atoms with Crippen LogP contribution in [0, 0.1) is 20.8 Å². The van der Waals surface area contributed by atoms with Crippen molar-refractivity contribution in [3.8, 4) is 0 Å². The minimum atomic E-state index is -0.0445. The standard InChI is InChI=1S/C25H29N5OS/c1-18-5-4-6-21(15-18)28-23(31)17-32-25-24(26-9-10-27-25)30-13-11-29(12-14-30)22-16-19(2)7-8-20(22)3/h4-10,15-16H,11-14,17H2,1-3H3,(H,28,31). The molecule has 7 heteroatoms. The molecule has 2 heterocycles. The van der Waals surface area contributed by atoms with Crippen LogP contribution in [0.15, 0.2) is 59.9 Å². The molecule has 0 bridgehead atoms. The summed E-state index contributed by atoms with van der Waals surface area (Å²) in [6, 6.07) is 14.4. The Balaban J connectivity index is 1.37. The average Bonchev–Trinajstić information content (AvgIpc) is 2.80. The first-order valence-corrected chi connectivity index (χ1v) is 11.9. The van der Waals surface area contributed by atoms with Gasteiger partial charge in [-0.1, -0.05) is 36.0 Å². The molecular weight excluding hydrogens is 418 g/mol. The fraction of sp³-hybridized carbons (Fsp3) is 0.320. The van der Waals surface area contributed by atoms with Crippen LogP contribution in [-0.4, -0.2) is 47.8 Å². The molecule has 1 N–H and O–H groups in total. The molecule has 0 spiro atoms. The van der Waals surface area contributed by atoms with Crippen LogP contribution in [0.5, 0.6) is 0 Å². The van der Waals surface area contributed by atoms with Crippen molar-refractivity contribution in [3.63, 3.8) is 0 Å². The maximum atomic E-state index is 12.4. The van der Waals surface area contributed by atoms with E-state index in [0.717, 1.165) is 48.3 Å². The molecule has 0 radical (unpaired) electrons. The lowest BCUT2D eigenvalue weighted by molar-refractivity contribution is -0.113. The van der Waals surface area contributed by atoms with Crippen LogP contribution in [0.1, 0.15) is 16.7 Å². The molecule has 1 aromatic heterocycles. The molecule has 4 rings (SSSR count). The number of nitrogens with zero attached hydrogens (tertiary/aromatic N) is 4. The summed E-state index contributed by atoms with van der Waals surface area (Å²) < 4.78 is 0. The predicted octanol–water partition coefficient (Wildman–Crippen LogP) is 4.46. The Bertz CT molecular complexity index is 1100. The number of aryl methyl sites for hydroxylation is 3. The summed E-state index contributed by atoms with van der Waals surface area (Å²) in [5.41, 5.74) is 5.83. The molecule has 1 fully saturated rings. The molecule has 0 aliphatic carbocycles. The molecule has 3 aromatic rings. The Labute approximate surface area is 194 Å². The number of anilines is 3. The second-order valence-corrected chi connectivity index (χ2v) is 9.12. The molecule has 1 aliphatic heterocycles. The van der Waals surface area contributed by atoms with Gasteiger partial charge in [-0.25, -0.2) is 9.97 Å². The van der Waals surface area contributed by atoms with Crippen molar-refractivity contribution in [1.29, 1.82) is 0 Å². The van der Waals surface area contributed by atoms with Crippen molar-refractivity contribution in [2.45, 2.75) is 25.8 Å². The van der Waals surface area contributed by atoms with E-state index in [1.165, 1.54) is 28.6 Å². The van der Waals surface area contributed by atoms with E-state index < -0.39 is 0 Å². The quantitative estimate of drug-likeness (QED) is 0.563. The highest BCUT2D eigenvalue weighted by atomic mass is 32.2. The van der Waals surface area contributed by atoms with Crippen LogP contribution in [0.25, 0.3) is 0 Å². The Morgan fingerprint density at radius 1 is 0.938 bits per heavy atom. The van der Waals surface area contributed by atoms with Gasteiger partial charge in [0.2, 0.25) is 5.91 Å². The molecule has 6 nitrogen and oxygen atoms in total. The van der Waals surface area contributed by atoms with Gasteiger partial charge in [0.15, 0.2) is 5.82 Å². The number of benzene rings is 2. The van der Waals surface area contributed by atoms with Crippen molar-refractivity contribution in [2.24, 2.45) is 0 Å². The van der Waals surface area contributed by atoms with E-state index in [0.29, 0.717) is 5.75 Å². The number of carbonyl (C=O) groups is 1. The van der Waals surface area contributed by atoms with E-state index >= 15 is 0 Å². The number of amides is 1. The minimum Gasteiger partial charge on any atom is -0.368 e. The lowest BCUT2D eigenvalue weighted by Gasteiger charge is -2.37. The highest BCUT2D eigenvalue weighted by Gasteiger charge is 2.22. The molecule has 1 saturated heterocycles. The predicted molar refractivity (Wildman–Crippen MR) is 133 cm³/mol. The summed E-state index contributed by atoms with van der Waals surface area (Å²) in [4.78, 5) is 26.3. The number of hydrogen-bond acceptors (Lipinski definition) is 6. The van der Waals surface area contributed by atoms with Crippen LogP contribution in [0.3, 0.4) is 0 Å². The van der Waals surface area contributed by atoms with E-state index in [-0.39, 0.29) is 5.91 Å². The first-order valence-electron chi connectivity index (χ1n) is 10.9. The smallest absolute Gasteiger partial charge is 0.234 e. The van der Waals surface area contributed by atoms with Gasteiger partial charge in [0.25, 0.3) is 0 Å². The van der Waals surface area contributed by atoms with Crippen molar-refractivity contribution in [1.82, 2.24) is 9.97 Å². The summed E-state index contributed by atoms with van der Waals surface area (Å²) in [5, 5.41) is 3.76. The molecule has 0 saturated carbocycles. The van der Waals surface area contributed by atoms with Gasteiger partial charge in [0.05, 0.1) is 5.75 Å². The first kappa shape index (κ1) is 22.1. The van der Waals surface area contributed by atoms with E-state index in [9.17, 15) is 4.79 Å². The fourth-order valence-corrected chi connectivity index (χ4v) is 4.70. The van der Waals surface area contributed by atoms with Gasteiger partial charge in [0.1, 0.15) is 5.03 Å². The fourth-order valence-electron chi connectivity index (χ4n) is 3.91. The third-order valence-corrected chi connectivity index (χ3v) is 6.54. The highest BCUT2D eigenvalue weighted by molar-refractivity contribution is 8.00. The van der Waals surface area contributed by atoms with Gasteiger partial charge >= 0.3 is 0 Å². The molecular formula is C25H29N5OS. The maximum Gasteiger partial charge on any atom is 0.234 e. The number of aromatic nitrogens is 2. The van der Waals surface area contributed by atoms with Crippen LogP contribution < -0.4 is 15.1 Å². The van der Waals surface area contributed by atoms with E-state index in [2.05, 4.69) is 57.1 Å². The Hall–Kier alpha value is -3.06. The normalized spacial score (nSPS) is 13.8. The van der Waals surface area contributed by atoms with Crippen LogP contribution in [0.4, 0.5) is 17.2 Å². The maximum absolute atomic E-state index is 12.4. The molecule has 32 heavy (non-hydrogen) atoms. The number of thioether (sulfide) groups is 1. The highest BCUT2D eigenvalue weighted by Crippen LogP contribution is 2.29. The van der Waals surface area contributed by atoms with Crippen molar-refractivity contribution in [3.05, 3.63) is 71.5 Å². The molecule has 0 unspecified atom stereocenters. The second-order valence-electron chi connectivity index (χ2n) is 8.16. The first-order chi connectivity index (χ1) is 15.5. The summed E-state index contributed by atoms with van der Waals surface area (Å²) >= 11 is 1.43. The lowest BCUT2D eigenvalue weighted by atomic mass is 10.1. The van der Waals surface area contributed by atoms with Crippen LogP contribution in [0.2, 0.25) is 0 Å². The van der Waals surface area contributed by atoms with Gasteiger partial charge in [-0.15, -0.1) is 0 Å². The van der Waals surface area contributed by atoms with Gasteiger partial charge in [-0.2, -0.15) is 0 Å². The molecule has 166 valence electrons. The van der Waals surface area contributed by atoms with Crippen LogP contribution in [-0.2, 0) is 4.79 Å². The van der Waals surface area contributed by atoms with Crippen molar-refractivity contribution < 1.29 is 4.79 Å². The molecule has 1 aliphatic rings. The van der Waals surface area contributed by atoms with Gasteiger partial charge in [-0.05, 0) is 55.7 Å². The minimum absolute atomic E-state index is 0.0445. The number of hydrogen-bond donors (Lipinski definition) is 1. The average molecular weight is 448 g/mol. The molecule has 1 amide bonds. The van der Waals surface area contributed by atoms with E-state index in [1.807, 2.05) is 31.2 Å². The number of carbonyl (C=O) groups excluding carboxylic acids is 1. The van der Waals surface area contributed by atoms with E-state index in [4.69, 9.17) is 0 Å². The number of piperazine rings is 1. The topological polar surface area (TPSA) is 61.4 Å². The Morgan fingerprint density at radius 2 is 1.66 bits per heavy atom. The third kappa shape index (κ3) is 5.40. The summed E-state index contributed by atoms with van der Waals surface area (Å²) in [6.45, 7) is 9.91. The van der Waals surface area contributed by atoms with Gasteiger partial charge in [0, 0.05) is 49.9 Å². The largest absolute Gasteiger partial charge is 0.368 e. The molecule has 2 aromatic carbocycles. The zero-order chi connectivity index (χ0) is 22.5. The lowest BCUT2D eigenvalue weighted by Crippen LogP contribution is -2.47. The zero-order valence-corrected chi connectivity index (χ0v) is 19.7. The zero-order valence-electron chi connectivity index (χ0n) is 18.8. The van der Waals surface area contributed by atoms with E-state index in [1.54, 1.807) is 12.4 Å². The summed E-state index contributed by atoms with van der Waals surface area (Å²) in [5.74, 6) is 1.11. The number of rotatable bonds is 6. The molecule has 0 atom stereocenters. The van der Waals surface area contributed by atoms with Crippen LogP contribution >= 0.6 is 11.8 Å². The van der Waals surface area contributed by atoms with Gasteiger partial charge < -0.3 is 15.1 Å².